The van der Waals surface area contributed by atoms with Gasteiger partial charge in [0.05, 0.1) is 10.0 Å². The van der Waals surface area contributed by atoms with Crippen LogP contribution in [-0.2, 0) is 0 Å². The Morgan fingerprint density at radius 1 is 1.35 bits per heavy atom. The monoisotopic (exact) mass is 357 g/mol. The lowest BCUT2D eigenvalue weighted by atomic mass is 10.2. The van der Waals surface area contributed by atoms with Gasteiger partial charge < -0.3 is 5.32 Å². The largest absolute Gasteiger partial charge is 0.339 e. The molecule has 0 atom stereocenters. The fraction of sp³-hybridized carbons (Fsp3) is 0.154. The van der Waals surface area contributed by atoms with Crippen molar-refractivity contribution in [3.05, 3.63) is 44.5 Å². The molecule has 0 fully saturated rings. The van der Waals surface area contributed by atoms with Gasteiger partial charge in [-0.1, -0.05) is 11.6 Å². The average Bonchev–Trinajstić information content (AvgIpc) is 2.35. The maximum absolute atomic E-state index is 13.6. The third-order valence-corrected chi connectivity index (χ3v) is 3.54. The second-order valence-corrected chi connectivity index (χ2v) is 5.36. The van der Waals surface area contributed by atoms with Crippen molar-refractivity contribution >= 4 is 45.3 Å². The standard InChI is InChI=1S/C13H10BrClFN3O/c1-6-3-9(14)10(16)4-11(6)19-13-8(5-20)12(15)17-7(2)18-13/h3-5H,1-2H3,(H,17,18,19). The van der Waals surface area contributed by atoms with Gasteiger partial charge >= 0.3 is 0 Å². The molecule has 4 nitrogen and oxygen atoms in total. The summed E-state index contributed by atoms with van der Waals surface area (Å²) in [4.78, 5) is 19.1. The predicted molar refractivity (Wildman–Crippen MR) is 79.3 cm³/mol. The minimum atomic E-state index is -0.414. The number of aldehydes is 1. The van der Waals surface area contributed by atoms with Crippen LogP contribution in [0.15, 0.2) is 16.6 Å². The molecule has 1 aromatic heterocycles. The fourth-order valence-electron chi connectivity index (χ4n) is 1.66. The SMILES string of the molecule is Cc1nc(Cl)c(C=O)c(Nc2cc(F)c(Br)cc2C)n1. The lowest BCUT2D eigenvalue weighted by Crippen LogP contribution is -2.04. The molecule has 0 bridgehead atoms. The molecule has 0 aliphatic rings. The summed E-state index contributed by atoms with van der Waals surface area (Å²) in [5, 5.41) is 2.97. The van der Waals surface area contributed by atoms with Crippen LogP contribution in [-0.4, -0.2) is 16.3 Å². The number of hydrogen-bond donors (Lipinski definition) is 1. The molecule has 1 N–H and O–H groups in total. The van der Waals surface area contributed by atoms with Crippen molar-refractivity contribution in [2.45, 2.75) is 13.8 Å². The molecule has 0 aliphatic heterocycles. The number of aryl methyl sites for hydroxylation is 2. The Kier molecular flexibility index (Phi) is 4.35. The summed E-state index contributed by atoms with van der Waals surface area (Å²) < 4.78 is 14.0. The molecular formula is C13H10BrClFN3O. The van der Waals surface area contributed by atoms with Crippen molar-refractivity contribution in [3.63, 3.8) is 0 Å². The van der Waals surface area contributed by atoms with Crippen LogP contribution >= 0.6 is 27.5 Å². The zero-order valence-corrected chi connectivity index (χ0v) is 13.0. The average molecular weight is 359 g/mol. The van der Waals surface area contributed by atoms with E-state index in [2.05, 4.69) is 31.2 Å². The van der Waals surface area contributed by atoms with E-state index < -0.39 is 5.82 Å². The number of carbonyl (C=O) groups excluding carboxylic acids is 1. The van der Waals surface area contributed by atoms with Crippen molar-refractivity contribution in [1.29, 1.82) is 0 Å². The second-order valence-electron chi connectivity index (χ2n) is 4.15. The van der Waals surface area contributed by atoms with Crippen LogP contribution in [0.3, 0.4) is 0 Å². The van der Waals surface area contributed by atoms with Crippen LogP contribution in [0.5, 0.6) is 0 Å². The highest BCUT2D eigenvalue weighted by atomic mass is 79.9. The van der Waals surface area contributed by atoms with E-state index in [1.165, 1.54) is 6.07 Å². The number of nitrogens with zero attached hydrogens (tertiary/aromatic N) is 2. The fourth-order valence-corrected chi connectivity index (χ4v) is 2.37. The van der Waals surface area contributed by atoms with Gasteiger partial charge in [-0.2, -0.15) is 0 Å². The number of hydrogen-bond acceptors (Lipinski definition) is 4. The van der Waals surface area contributed by atoms with Crippen molar-refractivity contribution < 1.29 is 9.18 Å². The van der Waals surface area contributed by atoms with Crippen molar-refractivity contribution in [1.82, 2.24) is 9.97 Å². The minimum absolute atomic E-state index is 0.0604. The van der Waals surface area contributed by atoms with Gasteiger partial charge in [0, 0.05) is 5.69 Å². The summed E-state index contributed by atoms with van der Waals surface area (Å²) in [6, 6.07) is 2.95. The minimum Gasteiger partial charge on any atom is -0.339 e. The topological polar surface area (TPSA) is 54.9 Å². The van der Waals surface area contributed by atoms with E-state index in [0.29, 0.717) is 22.3 Å². The molecule has 2 aromatic rings. The maximum Gasteiger partial charge on any atom is 0.156 e. The van der Waals surface area contributed by atoms with E-state index in [1.54, 1.807) is 13.0 Å². The number of aromatic nitrogens is 2. The highest BCUT2D eigenvalue weighted by Gasteiger charge is 2.13. The van der Waals surface area contributed by atoms with Crippen LogP contribution in [0.1, 0.15) is 21.7 Å². The first-order chi connectivity index (χ1) is 9.42. The molecular weight excluding hydrogens is 349 g/mol. The van der Waals surface area contributed by atoms with E-state index in [-0.39, 0.29) is 16.5 Å². The second kappa shape index (κ2) is 5.85. The molecule has 0 aliphatic carbocycles. The molecule has 1 aromatic carbocycles. The van der Waals surface area contributed by atoms with Crippen molar-refractivity contribution in [2.24, 2.45) is 0 Å². The molecule has 104 valence electrons. The van der Waals surface area contributed by atoms with Crippen LogP contribution in [0.25, 0.3) is 0 Å². The summed E-state index contributed by atoms with van der Waals surface area (Å²) in [5.74, 6) is 0.253. The lowest BCUT2D eigenvalue weighted by molar-refractivity contribution is 0.112. The third-order valence-electron chi connectivity index (χ3n) is 2.65. The molecule has 20 heavy (non-hydrogen) atoms. The number of anilines is 2. The van der Waals surface area contributed by atoms with Gasteiger partial charge in [0.25, 0.3) is 0 Å². The molecule has 0 radical (unpaired) electrons. The number of benzene rings is 1. The van der Waals surface area contributed by atoms with E-state index >= 15 is 0 Å². The molecule has 0 amide bonds. The van der Waals surface area contributed by atoms with Gasteiger partial charge in [0.15, 0.2) is 6.29 Å². The van der Waals surface area contributed by atoms with Gasteiger partial charge in [-0.05, 0) is 47.5 Å². The normalized spacial score (nSPS) is 10.4. The third kappa shape index (κ3) is 2.96. The number of nitrogens with one attached hydrogen (secondary N) is 1. The first-order valence-electron chi connectivity index (χ1n) is 5.64. The summed E-state index contributed by atoms with van der Waals surface area (Å²) in [6.07, 6.45) is 0.564. The highest BCUT2D eigenvalue weighted by Crippen LogP contribution is 2.28. The van der Waals surface area contributed by atoms with Crippen LogP contribution < -0.4 is 5.32 Å². The summed E-state index contributed by atoms with van der Waals surface area (Å²) >= 11 is 9.00. The molecule has 2 rings (SSSR count). The Morgan fingerprint density at radius 3 is 2.70 bits per heavy atom. The van der Waals surface area contributed by atoms with E-state index in [1.807, 2.05) is 6.92 Å². The van der Waals surface area contributed by atoms with Crippen molar-refractivity contribution in [3.8, 4) is 0 Å². The Labute approximate surface area is 128 Å². The Hall–Kier alpha value is -1.53. The summed E-state index contributed by atoms with van der Waals surface area (Å²) in [5.41, 5.74) is 1.44. The van der Waals surface area contributed by atoms with Crippen LogP contribution in [0, 0.1) is 19.7 Å². The lowest BCUT2D eigenvalue weighted by Gasteiger charge is -2.12. The first kappa shape index (κ1) is 14.9. The van der Waals surface area contributed by atoms with E-state index in [0.717, 1.165) is 5.56 Å². The quantitative estimate of drug-likeness (QED) is 0.660. The Bertz CT molecular complexity index is 694. The van der Waals surface area contributed by atoms with Crippen LogP contribution in [0.2, 0.25) is 5.15 Å². The van der Waals surface area contributed by atoms with Gasteiger partial charge in [-0.25, -0.2) is 14.4 Å². The molecule has 0 saturated heterocycles. The first-order valence-corrected chi connectivity index (χ1v) is 6.81. The molecule has 0 unspecified atom stereocenters. The Balaban J connectivity index is 2.50. The number of halogens is 3. The summed E-state index contributed by atoms with van der Waals surface area (Å²) in [6.45, 7) is 3.46. The van der Waals surface area contributed by atoms with E-state index in [4.69, 9.17) is 11.6 Å². The molecule has 0 saturated carbocycles. The zero-order chi connectivity index (χ0) is 14.9. The molecule has 7 heteroatoms. The van der Waals surface area contributed by atoms with Crippen LogP contribution in [0.4, 0.5) is 15.9 Å². The van der Waals surface area contributed by atoms with Gasteiger partial charge in [0.1, 0.15) is 22.6 Å². The van der Waals surface area contributed by atoms with Gasteiger partial charge in [0.2, 0.25) is 0 Å². The van der Waals surface area contributed by atoms with Crippen molar-refractivity contribution in [2.75, 3.05) is 5.32 Å². The maximum atomic E-state index is 13.6. The van der Waals surface area contributed by atoms with Gasteiger partial charge in [-0.15, -0.1) is 0 Å². The summed E-state index contributed by atoms with van der Waals surface area (Å²) in [7, 11) is 0. The highest BCUT2D eigenvalue weighted by molar-refractivity contribution is 9.10. The Morgan fingerprint density at radius 2 is 2.05 bits per heavy atom. The van der Waals surface area contributed by atoms with Gasteiger partial charge in [-0.3, -0.25) is 4.79 Å². The number of carbonyl (C=O) groups is 1. The number of rotatable bonds is 3. The smallest absolute Gasteiger partial charge is 0.156 e. The molecule has 1 heterocycles. The molecule has 0 spiro atoms. The zero-order valence-electron chi connectivity index (χ0n) is 10.7. The van der Waals surface area contributed by atoms with E-state index in [9.17, 15) is 9.18 Å². The predicted octanol–water partition coefficient (Wildman–Crippen LogP) is 4.20.